The fourth-order valence-electron chi connectivity index (χ4n) is 2.10. The number of ketones is 1. The largest absolute Gasteiger partial charge is 0.411 e. The molecule has 94 valence electrons. The summed E-state index contributed by atoms with van der Waals surface area (Å²) in [6.07, 6.45) is -0.874. The maximum Gasteiger partial charge on any atom is 0.411 e. The molecule has 0 saturated heterocycles. The van der Waals surface area contributed by atoms with Crippen LogP contribution in [-0.2, 0) is 9.53 Å². The molecule has 5 heteroatoms. The number of hydrogen-bond donors (Lipinski definition) is 0. The second kappa shape index (κ2) is 5.17. The van der Waals surface area contributed by atoms with E-state index in [9.17, 15) is 18.0 Å². The molecule has 1 rings (SSSR count). The Balaban J connectivity index is 2.09. The second-order valence-corrected chi connectivity index (χ2v) is 4.80. The summed E-state index contributed by atoms with van der Waals surface area (Å²) in [5, 5.41) is 0. The Morgan fingerprint density at radius 3 is 2.62 bits per heavy atom. The fraction of sp³-hybridized carbons (Fsp3) is 0.909. The molecular formula is C11H17F3O2. The molecule has 1 saturated carbocycles. The van der Waals surface area contributed by atoms with Crippen molar-refractivity contribution in [1.29, 1.82) is 0 Å². The van der Waals surface area contributed by atoms with Gasteiger partial charge in [-0.1, -0.05) is 6.92 Å². The van der Waals surface area contributed by atoms with Crippen molar-refractivity contribution in [3.05, 3.63) is 0 Å². The third-order valence-corrected chi connectivity index (χ3v) is 2.97. The van der Waals surface area contributed by atoms with Crippen molar-refractivity contribution in [3.8, 4) is 0 Å². The normalized spacial score (nSPS) is 26.4. The van der Waals surface area contributed by atoms with E-state index in [0.717, 1.165) is 12.8 Å². The minimum Gasteiger partial charge on any atom is -0.372 e. The second-order valence-electron chi connectivity index (χ2n) is 4.80. The molecule has 0 bridgehead atoms. The summed E-state index contributed by atoms with van der Waals surface area (Å²) in [4.78, 5) is 11.1. The van der Waals surface area contributed by atoms with E-state index in [2.05, 4.69) is 4.74 Å². The summed E-state index contributed by atoms with van der Waals surface area (Å²) in [6.45, 7) is 0.952. The van der Waals surface area contributed by atoms with E-state index in [4.69, 9.17) is 0 Å². The van der Waals surface area contributed by atoms with Crippen LogP contribution in [0.3, 0.4) is 0 Å². The molecule has 1 aliphatic rings. The van der Waals surface area contributed by atoms with E-state index in [1.54, 1.807) is 0 Å². The zero-order valence-corrected chi connectivity index (χ0v) is 9.40. The first-order valence-corrected chi connectivity index (χ1v) is 5.47. The molecule has 0 amide bonds. The van der Waals surface area contributed by atoms with Gasteiger partial charge >= 0.3 is 6.18 Å². The number of ether oxygens (including phenoxy) is 1. The number of carbonyl (C=O) groups excluding carboxylic acids is 1. The minimum absolute atomic E-state index is 0.0152. The van der Waals surface area contributed by atoms with Crippen LogP contribution in [0.5, 0.6) is 0 Å². The fourth-order valence-corrected chi connectivity index (χ4v) is 2.10. The highest BCUT2D eigenvalue weighted by molar-refractivity contribution is 5.81. The monoisotopic (exact) mass is 238 g/mol. The van der Waals surface area contributed by atoms with E-state index in [-0.39, 0.29) is 17.8 Å². The summed E-state index contributed by atoms with van der Waals surface area (Å²) in [6, 6.07) is 0. The van der Waals surface area contributed by atoms with Gasteiger partial charge in [0.25, 0.3) is 0 Å². The van der Waals surface area contributed by atoms with Gasteiger partial charge in [0.1, 0.15) is 12.4 Å². The molecule has 0 aliphatic heterocycles. The Bertz CT molecular complexity index is 250. The van der Waals surface area contributed by atoms with Gasteiger partial charge in [-0.05, 0) is 24.7 Å². The molecule has 0 aromatic rings. The third kappa shape index (κ3) is 4.96. The van der Waals surface area contributed by atoms with Crippen LogP contribution in [0.15, 0.2) is 0 Å². The molecule has 2 nitrogen and oxygen atoms in total. The van der Waals surface area contributed by atoms with Gasteiger partial charge < -0.3 is 4.74 Å². The minimum atomic E-state index is -4.24. The van der Waals surface area contributed by atoms with Gasteiger partial charge in [0.15, 0.2) is 0 Å². The molecule has 16 heavy (non-hydrogen) atoms. The van der Waals surface area contributed by atoms with Crippen LogP contribution in [-0.4, -0.2) is 25.2 Å². The third-order valence-electron chi connectivity index (χ3n) is 2.97. The van der Waals surface area contributed by atoms with Crippen LogP contribution >= 0.6 is 0 Å². The highest BCUT2D eigenvalue weighted by Gasteiger charge is 2.33. The molecule has 0 heterocycles. The first-order chi connectivity index (χ1) is 7.31. The smallest absolute Gasteiger partial charge is 0.372 e. The number of hydrogen-bond acceptors (Lipinski definition) is 2. The maximum atomic E-state index is 11.7. The Morgan fingerprint density at radius 1 is 1.44 bits per heavy atom. The van der Waals surface area contributed by atoms with Crippen LogP contribution in [0.25, 0.3) is 0 Å². The van der Waals surface area contributed by atoms with Gasteiger partial charge in [-0.3, -0.25) is 4.79 Å². The van der Waals surface area contributed by atoms with Crippen molar-refractivity contribution < 1.29 is 22.7 Å². The summed E-state index contributed by atoms with van der Waals surface area (Å²) < 4.78 is 39.7. The van der Waals surface area contributed by atoms with E-state index >= 15 is 0 Å². The highest BCUT2D eigenvalue weighted by Crippen LogP contribution is 2.39. The molecule has 1 fully saturated rings. The van der Waals surface area contributed by atoms with Gasteiger partial charge in [-0.2, -0.15) is 13.2 Å². The molecule has 1 atom stereocenters. The van der Waals surface area contributed by atoms with Crippen LogP contribution in [0, 0.1) is 5.41 Å². The van der Waals surface area contributed by atoms with Gasteiger partial charge in [-0.15, -0.1) is 0 Å². The van der Waals surface area contributed by atoms with Crippen molar-refractivity contribution in [2.75, 3.05) is 13.2 Å². The lowest BCUT2D eigenvalue weighted by Gasteiger charge is -2.22. The Kier molecular flexibility index (Phi) is 4.35. The molecule has 0 spiro atoms. The van der Waals surface area contributed by atoms with Crippen molar-refractivity contribution in [2.45, 2.75) is 45.2 Å². The zero-order chi connectivity index (χ0) is 12.2. The summed E-state index contributed by atoms with van der Waals surface area (Å²) in [5.41, 5.74) is -0.0152. The summed E-state index contributed by atoms with van der Waals surface area (Å²) in [5.74, 6) is 0.263. The van der Waals surface area contributed by atoms with Gasteiger partial charge in [0, 0.05) is 19.4 Å². The predicted molar refractivity (Wildman–Crippen MR) is 53.1 cm³/mol. The van der Waals surface area contributed by atoms with E-state index in [0.29, 0.717) is 19.3 Å². The molecule has 0 radical (unpaired) electrons. The molecule has 1 aliphatic carbocycles. The standard InChI is InChI=1S/C11H17F3O2/c1-10(5-3-9(15)7-10)4-2-6-16-8-11(12,13)14/h2-8H2,1H3. The topological polar surface area (TPSA) is 26.3 Å². The van der Waals surface area contributed by atoms with Crippen LogP contribution in [0.2, 0.25) is 0 Å². The average Bonchev–Trinajstić information content (AvgIpc) is 2.44. The zero-order valence-electron chi connectivity index (χ0n) is 9.40. The lowest BCUT2D eigenvalue weighted by Crippen LogP contribution is -2.18. The van der Waals surface area contributed by atoms with Crippen LogP contribution in [0.4, 0.5) is 13.2 Å². The number of Topliss-reactive ketones (excluding diaryl/α,β-unsaturated/α-hetero) is 1. The summed E-state index contributed by atoms with van der Waals surface area (Å²) in [7, 11) is 0. The van der Waals surface area contributed by atoms with Crippen LogP contribution in [0.1, 0.15) is 39.0 Å². The lowest BCUT2D eigenvalue weighted by atomic mass is 9.84. The maximum absolute atomic E-state index is 11.7. The van der Waals surface area contributed by atoms with E-state index < -0.39 is 12.8 Å². The molecule has 0 N–H and O–H groups in total. The van der Waals surface area contributed by atoms with Gasteiger partial charge in [-0.25, -0.2) is 0 Å². The first-order valence-electron chi connectivity index (χ1n) is 5.47. The van der Waals surface area contributed by atoms with Crippen LogP contribution < -0.4 is 0 Å². The quantitative estimate of drug-likeness (QED) is 0.688. The van der Waals surface area contributed by atoms with Crippen molar-refractivity contribution in [3.63, 3.8) is 0 Å². The van der Waals surface area contributed by atoms with E-state index in [1.807, 2.05) is 6.92 Å². The number of halogens is 3. The Labute approximate surface area is 93.2 Å². The lowest BCUT2D eigenvalue weighted by molar-refractivity contribution is -0.174. The molecule has 0 aromatic heterocycles. The SMILES string of the molecule is CC1(CCCOCC(F)(F)F)CCC(=O)C1. The van der Waals surface area contributed by atoms with E-state index in [1.165, 1.54) is 0 Å². The number of carbonyl (C=O) groups is 1. The number of alkyl halides is 3. The predicted octanol–water partition coefficient (Wildman–Crippen LogP) is 3.10. The molecule has 1 unspecified atom stereocenters. The van der Waals surface area contributed by atoms with Gasteiger partial charge in [0.2, 0.25) is 0 Å². The molecular weight excluding hydrogens is 221 g/mol. The Morgan fingerprint density at radius 2 is 2.12 bits per heavy atom. The summed E-state index contributed by atoms with van der Waals surface area (Å²) >= 11 is 0. The van der Waals surface area contributed by atoms with Gasteiger partial charge in [0.05, 0.1) is 0 Å². The number of rotatable bonds is 5. The Hall–Kier alpha value is -0.580. The van der Waals surface area contributed by atoms with Crippen molar-refractivity contribution in [1.82, 2.24) is 0 Å². The highest BCUT2D eigenvalue weighted by atomic mass is 19.4. The average molecular weight is 238 g/mol. The first kappa shape index (κ1) is 13.5. The molecule has 0 aromatic carbocycles. The van der Waals surface area contributed by atoms with Crippen molar-refractivity contribution in [2.24, 2.45) is 5.41 Å². The van der Waals surface area contributed by atoms with Crippen molar-refractivity contribution >= 4 is 5.78 Å².